The van der Waals surface area contributed by atoms with Crippen LogP contribution in [0.25, 0.3) is 33.5 Å². The van der Waals surface area contributed by atoms with Crippen molar-refractivity contribution in [1.82, 2.24) is 29.5 Å². The molecule has 2 atom stereocenters. The van der Waals surface area contributed by atoms with Gasteiger partial charge in [-0.3, -0.25) is 4.79 Å². The molecule has 7 rings (SSSR count). The van der Waals surface area contributed by atoms with Crippen LogP contribution in [0.15, 0.2) is 31.0 Å². The van der Waals surface area contributed by atoms with Crippen LogP contribution in [0.3, 0.4) is 0 Å². The van der Waals surface area contributed by atoms with Crippen molar-refractivity contribution in [1.29, 1.82) is 0 Å². The van der Waals surface area contributed by atoms with Crippen molar-refractivity contribution in [2.45, 2.75) is 32.1 Å². The first-order chi connectivity index (χ1) is 15.1. The van der Waals surface area contributed by atoms with Crippen LogP contribution in [0.2, 0.25) is 0 Å². The van der Waals surface area contributed by atoms with Crippen molar-refractivity contribution in [2.75, 3.05) is 0 Å². The highest BCUT2D eigenvalue weighted by Gasteiger charge is 2.47. The summed E-state index contributed by atoms with van der Waals surface area (Å²) in [5, 5.41) is 11.9. The van der Waals surface area contributed by atoms with Gasteiger partial charge in [-0.05, 0) is 55.9 Å². The maximum absolute atomic E-state index is 12.2. The van der Waals surface area contributed by atoms with Crippen LogP contribution in [-0.2, 0) is 18.3 Å². The van der Waals surface area contributed by atoms with Crippen molar-refractivity contribution in [2.24, 2.45) is 30.7 Å². The average Bonchev–Trinajstić information content (AvgIpc) is 3.38. The van der Waals surface area contributed by atoms with E-state index in [1.165, 1.54) is 6.33 Å². The number of nitrogens with one attached hydrogen (secondary N) is 1. The number of hydrogen-bond acceptors (Lipinski definition) is 5. The molecule has 4 heterocycles. The van der Waals surface area contributed by atoms with Gasteiger partial charge in [0, 0.05) is 42.0 Å². The fourth-order valence-corrected chi connectivity index (χ4v) is 6.00. The van der Waals surface area contributed by atoms with Gasteiger partial charge in [-0.2, -0.15) is 0 Å². The molecule has 8 heteroatoms. The smallest absolute Gasteiger partial charge is 0.307 e. The number of nitrogens with zero attached hydrogens (tertiary/aromatic N) is 5. The molecule has 158 valence electrons. The molecule has 0 aromatic carbocycles. The Morgan fingerprint density at radius 1 is 1.19 bits per heavy atom. The fraction of sp³-hybridized carbons (Fsp3) is 0.435. The molecule has 0 spiro atoms. The molecule has 0 aliphatic heterocycles. The number of fused-ring (bicyclic) bond motifs is 5. The van der Waals surface area contributed by atoms with Crippen molar-refractivity contribution in [3.05, 3.63) is 36.7 Å². The lowest BCUT2D eigenvalue weighted by atomic mass is 9.57. The second kappa shape index (κ2) is 6.87. The molecule has 0 amide bonds. The third-order valence-electron chi connectivity index (χ3n) is 7.51. The molecular formula is C23H24N6O2. The van der Waals surface area contributed by atoms with Crippen LogP contribution in [0.5, 0.6) is 0 Å². The molecule has 2 N–H and O–H groups in total. The summed E-state index contributed by atoms with van der Waals surface area (Å²) >= 11 is 0. The molecule has 2 bridgehead atoms. The zero-order valence-electron chi connectivity index (χ0n) is 17.3. The maximum atomic E-state index is 12.2. The Bertz CT molecular complexity index is 1300. The summed E-state index contributed by atoms with van der Waals surface area (Å²) in [6.07, 6.45) is 12.2. The number of hydrogen-bond donors (Lipinski definition) is 2. The first-order valence-corrected chi connectivity index (χ1v) is 10.9. The highest BCUT2D eigenvalue weighted by atomic mass is 16.4. The van der Waals surface area contributed by atoms with Crippen LogP contribution in [0.4, 0.5) is 0 Å². The fourth-order valence-electron chi connectivity index (χ4n) is 6.00. The van der Waals surface area contributed by atoms with Gasteiger partial charge in [0.2, 0.25) is 0 Å². The minimum atomic E-state index is -0.647. The molecule has 0 saturated heterocycles. The average molecular weight is 416 g/mol. The first-order valence-electron chi connectivity index (χ1n) is 10.9. The summed E-state index contributed by atoms with van der Waals surface area (Å²) in [4.78, 5) is 33.6. The Hall–Kier alpha value is -3.29. The lowest BCUT2D eigenvalue weighted by Crippen LogP contribution is -2.45. The molecule has 2 unspecified atom stereocenters. The number of carboxylic acid groups (broad SMARTS) is 1. The molecule has 3 aliphatic rings. The summed E-state index contributed by atoms with van der Waals surface area (Å²) < 4.78 is 2.00. The number of carboxylic acids is 1. The zero-order valence-corrected chi connectivity index (χ0v) is 17.3. The van der Waals surface area contributed by atoms with Crippen molar-refractivity contribution in [3.8, 4) is 11.4 Å². The van der Waals surface area contributed by atoms with Crippen LogP contribution >= 0.6 is 0 Å². The Balaban J connectivity index is 1.48. The number of aryl methyl sites for hydroxylation is 1. The number of aromatic nitrogens is 6. The molecule has 31 heavy (non-hydrogen) atoms. The van der Waals surface area contributed by atoms with E-state index in [9.17, 15) is 9.90 Å². The molecule has 3 aliphatic carbocycles. The van der Waals surface area contributed by atoms with Gasteiger partial charge in [-0.1, -0.05) is 0 Å². The van der Waals surface area contributed by atoms with Gasteiger partial charge in [0.1, 0.15) is 17.6 Å². The Morgan fingerprint density at radius 2 is 2.00 bits per heavy atom. The molecule has 3 saturated carbocycles. The van der Waals surface area contributed by atoms with Gasteiger partial charge < -0.3 is 14.7 Å². The van der Waals surface area contributed by atoms with E-state index in [1.54, 1.807) is 6.20 Å². The SMILES string of the molecule is Cn1ccc2c(CC3C4CCC(CC4)C3C(=O)O)nc(-c3c[nH]c4ncncc34)nc21. The number of H-pyrrole nitrogens is 1. The summed E-state index contributed by atoms with van der Waals surface area (Å²) in [5.74, 6) is 0.592. The second-order valence-electron chi connectivity index (χ2n) is 9.05. The largest absolute Gasteiger partial charge is 0.481 e. The Labute approximate surface area is 178 Å². The van der Waals surface area contributed by atoms with E-state index in [4.69, 9.17) is 9.97 Å². The third-order valence-corrected chi connectivity index (χ3v) is 7.51. The van der Waals surface area contributed by atoms with Gasteiger partial charge in [-0.15, -0.1) is 0 Å². The molecule has 4 aromatic heterocycles. The summed E-state index contributed by atoms with van der Waals surface area (Å²) in [6, 6.07) is 2.05. The van der Waals surface area contributed by atoms with E-state index in [0.29, 0.717) is 24.1 Å². The quantitative estimate of drug-likeness (QED) is 0.526. The predicted molar refractivity (Wildman–Crippen MR) is 115 cm³/mol. The highest BCUT2D eigenvalue weighted by molar-refractivity contribution is 5.92. The minimum Gasteiger partial charge on any atom is -0.481 e. The lowest BCUT2D eigenvalue weighted by molar-refractivity contribution is -0.152. The van der Waals surface area contributed by atoms with Crippen LogP contribution < -0.4 is 0 Å². The van der Waals surface area contributed by atoms with E-state index in [0.717, 1.165) is 59.0 Å². The van der Waals surface area contributed by atoms with Gasteiger partial charge in [-0.25, -0.2) is 19.9 Å². The molecular weight excluding hydrogens is 392 g/mol. The third kappa shape index (κ3) is 2.85. The summed E-state index contributed by atoms with van der Waals surface area (Å²) in [6.45, 7) is 0. The van der Waals surface area contributed by atoms with Gasteiger partial charge in [0.25, 0.3) is 0 Å². The van der Waals surface area contributed by atoms with Gasteiger partial charge >= 0.3 is 5.97 Å². The standard InChI is InChI=1S/C23H24N6O2/c1-29-7-6-14-18(8-15-12-2-4-13(5-3-12)19(15)23(30)31)27-21(28-22(14)29)17-10-25-20-16(17)9-24-11-26-20/h6-7,9-13,15,19H,2-5,8H2,1H3,(H,30,31)(H,24,25,26). The van der Waals surface area contributed by atoms with Gasteiger partial charge in [0.15, 0.2) is 5.82 Å². The van der Waals surface area contributed by atoms with Crippen molar-refractivity contribution >= 4 is 28.0 Å². The van der Waals surface area contributed by atoms with Crippen LogP contribution in [0, 0.1) is 23.7 Å². The van der Waals surface area contributed by atoms with E-state index >= 15 is 0 Å². The van der Waals surface area contributed by atoms with E-state index in [-0.39, 0.29) is 11.8 Å². The number of rotatable bonds is 4. The van der Waals surface area contributed by atoms with E-state index < -0.39 is 5.97 Å². The number of aromatic amines is 1. The number of carbonyl (C=O) groups is 1. The maximum Gasteiger partial charge on any atom is 0.307 e. The normalized spacial score (nSPS) is 25.5. The number of aliphatic carboxylic acids is 1. The Kier molecular flexibility index (Phi) is 4.09. The van der Waals surface area contributed by atoms with E-state index in [1.807, 2.05) is 30.1 Å². The first kappa shape index (κ1) is 18.5. The monoisotopic (exact) mass is 416 g/mol. The summed E-state index contributed by atoms with van der Waals surface area (Å²) in [7, 11) is 1.98. The van der Waals surface area contributed by atoms with Crippen LogP contribution in [0.1, 0.15) is 31.4 Å². The predicted octanol–water partition coefficient (Wildman–Crippen LogP) is 3.59. The second-order valence-corrected chi connectivity index (χ2v) is 9.05. The topological polar surface area (TPSA) is 110 Å². The molecule has 0 radical (unpaired) electrons. The molecule has 3 fully saturated rings. The lowest BCUT2D eigenvalue weighted by Gasteiger charge is -2.46. The van der Waals surface area contributed by atoms with Crippen molar-refractivity contribution < 1.29 is 9.90 Å². The van der Waals surface area contributed by atoms with Crippen molar-refractivity contribution in [3.63, 3.8) is 0 Å². The summed E-state index contributed by atoms with van der Waals surface area (Å²) in [5.41, 5.74) is 3.41. The molecule has 8 nitrogen and oxygen atoms in total. The van der Waals surface area contributed by atoms with Crippen LogP contribution in [-0.4, -0.2) is 40.6 Å². The van der Waals surface area contributed by atoms with E-state index in [2.05, 4.69) is 15.0 Å². The Morgan fingerprint density at radius 3 is 2.81 bits per heavy atom. The zero-order chi connectivity index (χ0) is 21.1. The highest BCUT2D eigenvalue weighted by Crippen LogP contribution is 2.50. The minimum absolute atomic E-state index is 0.127. The van der Waals surface area contributed by atoms with Gasteiger partial charge in [0.05, 0.1) is 11.6 Å². The molecule has 4 aromatic rings.